The number of halogens is 1. The second-order valence-corrected chi connectivity index (χ2v) is 7.93. The van der Waals surface area contributed by atoms with E-state index in [1.165, 1.54) is 5.56 Å². The van der Waals surface area contributed by atoms with Crippen molar-refractivity contribution in [3.8, 4) is 0 Å². The van der Waals surface area contributed by atoms with Crippen LogP contribution in [0, 0.1) is 0 Å². The van der Waals surface area contributed by atoms with Crippen molar-refractivity contribution in [2.45, 2.75) is 64.1 Å². The average molecular weight is 486 g/mol. The first-order chi connectivity index (χ1) is 12.5. The Kier molecular flexibility index (Phi) is 8.37. The number of aryl methyl sites for hydroxylation is 1. The van der Waals surface area contributed by atoms with Gasteiger partial charge in [-0.25, -0.2) is 4.99 Å². The van der Waals surface area contributed by atoms with Gasteiger partial charge in [-0.1, -0.05) is 24.3 Å². The lowest BCUT2D eigenvalue weighted by Crippen LogP contribution is -2.50. The van der Waals surface area contributed by atoms with Crippen LogP contribution in [0.4, 0.5) is 0 Å². The summed E-state index contributed by atoms with van der Waals surface area (Å²) >= 11 is 0. The summed E-state index contributed by atoms with van der Waals surface area (Å²) in [7, 11) is 0. The molecule has 1 fully saturated rings. The summed E-state index contributed by atoms with van der Waals surface area (Å²) in [6.45, 7) is 10.1. The smallest absolute Gasteiger partial charge is 0.191 e. The number of aliphatic imine (C=N–C) groups is 1. The summed E-state index contributed by atoms with van der Waals surface area (Å²) in [5, 5.41) is 18.0. The van der Waals surface area contributed by atoms with E-state index >= 15 is 0 Å². The van der Waals surface area contributed by atoms with Crippen molar-refractivity contribution in [2.75, 3.05) is 26.2 Å². The minimum atomic E-state index is -0.833. The fourth-order valence-corrected chi connectivity index (χ4v) is 4.12. The molecule has 1 unspecified atom stereocenters. The van der Waals surface area contributed by atoms with Crippen LogP contribution in [0.1, 0.15) is 51.2 Å². The van der Waals surface area contributed by atoms with Crippen LogP contribution in [0.15, 0.2) is 29.3 Å². The zero-order valence-electron chi connectivity index (χ0n) is 16.9. The minimum Gasteiger partial charge on any atom is -0.383 e. The third kappa shape index (κ3) is 5.57. The Bertz CT molecular complexity index is 628. The van der Waals surface area contributed by atoms with Crippen LogP contribution in [0.3, 0.4) is 0 Å². The average Bonchev–Trinajstić information content (AvgIpc) is 2.98. The first-order valence-electron chi connectivity index (χ1n) is 10.1. The molecule has 1 aromatic rings. The molecule has 27 heavy (non-hydrogen) atoms. The standard InChI is InChI=1S/C21H34N4O.HI/c1-4-22-20(24-18-10-13-25(14-11-18)16(2)3)23-15-21(26)12-9-17-7-5-6-8-19(17)21;/h5-8,16,18,26H,4,9-15H2,1-3H3,(H2,22,23,24);1H. The number of rotatable bonds is 5. The predicted molar refractivity (Wildman–Crippen MR) is 123 cm³/mol. The quantitative estimate of drug-likeness (QED) is 0.341. The first kappa shape index (κ1) is 22.4. The number of likely N-dealkylation sites (tertiary alicyclic amines) is 1. The Morgan fingerprint density at radius 2 is 2.00 bits per heavy atom. The number of hydrogen-bond acceptors (Lipinski definition) is 3. The SMILES string of the molecule is CCNC(=NCC1(O)CCc2ccccc21)NC1CCN(C(C)C)CC1.I. The molecule has 1 saturated heterocycles. The molecule has 1 aromatic carbocycles. The van der Waals surface area contributed by atoms with Crippen LogP contribution < -0.4 is 10.6 Å². The second-order valence-electron chi connectivity index (χ2n) is 7.93. The predicted octanol–water partition coefficient (Wildman–Crippen LogP) is 2.87. The summed E-state index contributed by atoms with van der Waals surface area (Å²) in [5.41, 5.74) is 1.47. The molecule has 0 saturated carbocycles. The Hall–Kier alpha value is -0.860. The van der Waals surface area contributed by atoms with Gasteiger partial charge in [0.2, 0.25) is 0 Å². The highest BCUT2D eigenvalue weighted by atomic mass is 127. The maximum absolute atomic E-state index is 11.1. The Labute approximate surface area is 181 Å². The van der Waals surface area contributed by atoms with Crippen molar-refractivity contribution < 1.29 is 5.11 Å². The van der Waals surface area contributed by atoms with E-state index in [0.29, 0.717) is 18.6 Å². The maximum atomic E-state index is 11.1. The minimum absolute atomic E-state index is 0. The summed E-state index contributed by atoms with van der Waals surface area (Å²) in [4.78, 5) is 7.27. The van der Waals surface area contributed by atoms with E-state index in [9.17, 15) is 5.11 Å². The van der Waals surface area contributed by atoms with Crippen molar-refractivity contribution in [1.29, 1.82) is 0 Å². The van der Waals surface area contributed by atoms with Gasteiger partial charge in [-0.2, -0.15) is 0 Å². The van der Waals surface area contributed by atoms with E-state index in [2.05, 4.69) is 42.4 Å². The van der Waals surface area contributed by atoms with E-state index in [4.69, 9.17) is 4.99 Å². The van der Waals surface area contributed by atoms with Crippen LogP contribution in [0.25, 0.3) is 0 Å². The van der Waals surface area contributed by atoms with Crippen LogP contribution in [-0.2, 0) is 12.0 Å². The van der Waals surface area contributed by atoms with Gasteiger partial charge >= 0.3 is 0 Å². The Morgan fingerprint density at radius 1 is 1.30 bits per heavy atom. The summed E-state index contributed by atoms with van der Waals surface area (Å²) < 4.78 is 0. The molecule has 3 rings (SSSR count). The fourth-order valence-electron chi connectivity index (χ4n) is 4.12. The molecular formula is C21H35IN4O. The zero-order valence-corrected chi connectivity index (χ0v) is 19.2. The number of nitrogens with one attached hydrogen (secondary N) is 2. The number of guanidine groups is 1. The second kappa shape index (κ2) is 10.1. The van der Waals surface area contributed by atoms with Gasteiger partial charge in [-0.15, -0.1) is 24.0 Å². The zero-order chi connectivity index (χ0) is 18.6. The number of nitrogens with zero attached hydrogens (tertiary/aromatic N) is 2. The molecule has 152 valence electrons. The van der Waals surface area contributed by atoms with Gasteiger partial charge in [0.25, 0.3) is 0 Å². The van der Waals surface area contributed by atoms with Gasteiger partial charge in [0.1, 0.15) is 5.60 Å². The summed E-state index contributed by atoms with van der Waals surface area (Å²) in [5.74, 6) is 0.827. The van der Waals surface area contributed by atoms with E-state index in [1.54, 1.807) is 0 Å². The normalized spacial score (nSPS) is 23.8. The lowest BCUT2D eigenvalue weighted by Gasteiger charge is -2.35. The molecule has 5 nitrogen and oxygen atoms in total. The Balaban J connectivity index is 0.00000261. The molecule has 0 bridgehead atoms. The number of benzene rings is 1. The van der Waals surface area contributed by atoms with E-state index < -0.39 is 5.60 Å². The topological polar surface area (TPSA) is 59.9 Å². The third-order valence-corrected chi connectivity index (χ3v) is 5.77. The molecule has 0 spiro atoms. The number of aliphatic hydroxyl groups is 1. The molecule has 3 N–H and O–H groups in total. The molecule has 1 heterocycles. The van der Waals surface area contributed by atoms with Gasteiger partial charge < -0.3 is 20.6 Å². The van der Waals surface area contributed by atoms with Crippen LogP contribution in [0.5, 0.6) is 0 Å². The molecular weight excluding hydrogens is 451 g/mol. The molecule has 0 amide bonds. The molecule has 6 heteroatoms. The van der Waals surface area contributed by atoms with Crippen molar-refractivity contribution in [1.82, 2.24) is 15.5 Å². The maximum Gasteiger partial charge on any atom is 0.191 e. The molecule has 0 radical (unpaired) electrons. The van der Waals surface area contributed by atoms with Crippen LogP contribution in [-0.4, -0.2) is 54.2 Å². The third-order valence-electron chi connectivity index (χ3n) is 5.77. The van der Waals surface area contributed by atoms with Crippen LogP contribution in [0.2, 0.25) is 0 Å². The summed E-state index contributed by atoms with van der Waals surface area (Å²) in [6.07, 6.45) is 3.95. The van der Waals surface area contributed by atoms with E-state index in [1.807, 2.05) is 18.2 Å². The lowest BCUT2D eigenvalue weighted by molar-refractivity contribution is 0.0485. The van der Waals surface area contributed by atoms with Crippen molar-refractivity contribution in [2.24, 2.45) is 4.99 Å². The van der Waals surface area contributed by atoms with Gasteiger partial charge in [0, 0.05) is 31.7 Å². The van der Waals surface area contributed by atoms with Crippen molar-refractivity contribution >= 4 is 29.9 Å². The van der Waals surface area contributed by atoms with Crippen LogP contribution >= 0.6 is 24.0 Å². The van der Waals surface area contributed by atoms with Gasteiger partial charge in [-0.05, 0) is 57.6 Å². The molecule has 2 aliphatic rings. The van der Waals surface area contributed by atoms with Crippen molar-refractivity contribution in [3.63, 3.8) is 0 Å². The number of piperidine rings is 1. The number of fused-ring (bicyclic) bond motifs is 1. The lowest BCUT2D eigenvalue weighted by atomic mass is 9.96. The van der Waals surface area contributed by atoms with Gasteiger partial charge in [-0.3, -0.25) is 0 Å². The summed E-state index contributed by atoms with van der Waals surface area (Å²) in [6, 6.07) is 9.28. The van der Waals surface area contributed by atoms with E-state index in [0.717, 1.165) is 56.8 Å². The highest BCUT2D eigenvalue weighted by molar-refractivity contribution is 14.0. The molecule has 1 atom stereocenters. The number of hydrogen-bond donors (Lipinski definition) is 3. The Morgan fingerprint density at radius 3 is 2.67 bits per heavy atom. The van der Waals surface area contributed by atoms with Gasteiger partial charge in [0.15, 0.2) is 5.96 Å². The molecule has 0 aromatic heterocycles. The fraction of sp³-hybridized carbons (Fsp3) is 0.667. The first-order valence-corrected chi connectivity index (χ1v) is 10.1. The monoisotopic (exact) mass is 486 g/mol. The highest BCUT2D eigenvalue weighted by Crippen LogP contribution is 2.36. The molecule has 1 aliphatic carbocycles. The highest BCUT2D eigenvalue weighted by Gasteiger charge is 2.36. The van der Waals surface area contributed by atoms with Gasteiger partial charge in [0.05, 0.1) is 6.54 Å². The van der Waals surface area contributed by atoms with E-state index in [-0.39, 0.29) is 24.0 Å². The van der Waals surface area contributed by atoms with Crippen molar-refractivity contribution in [3.05, 3.63) is 35.4 Å². The largest absolute Gasteiger partial charge is 0.383 e. The molecule has 1 aliphatic heterocycles.